The fourth-order valence-corrected chi connectivity index (χ4v) is 2.83. The van der Waals surface area contributed by atoms with Gasteiger partial charge in [0.15, 0.2) is 0 Å². The van der Waals surface area contributed by atoms with Crippen LogP contribution < -0.4 is 4.90 Å². The first-order chi connectivity index (χ1) is 9.65. The maximum Gasteiger partial charge on any atom is 0.335 e. The van der Waals surface area contributed by atoms with Crippen LogP contribution in [0.5, 0.6) is 0 Å². The molecule has 0 bridgehead atoms. The van der Waals surface area contributed by atoms with Crippen molar-refractivity contribution in [3.63, 3.8) is 0 Å². The number of aliphatic hydroxyl groups is 1. The Bertz CT molecular complexity index is 470. The number of aliphatic hydroxyl groups excluding tert-OH is 1. The highest BCUT2D eigenvalue weighted by molar-refractivity contribution is 5.88. The largest absolute Gasteiger partial charge is 0.478 e. The molecule has 2 rings (SSSR count). The summed E-state index contributed by atoms with van der Waals surface area (Å²) in [6, 6.07) is 3.61. The predicted molar refractivity (Wildman–Crippen MR) is 77.3 cm³/mol. The molecule has 1 heterocycles. The SMILES string of the molecule is CCc1cc(C(=O)O)cc(N(CCO)C2CCCC2)n1. The van der Waals surface area contributed by atoms with Gasteiger partial charge in [-0.2, -0.15) is 0 Å². The van der Waals surface area contributed by atoms with Gasteiger partial charge in [-0.25, -0.2) is 9.78 Å². The normalized spacial score (nSPS) is 15.5. The predicted octanol–water partition coefficient (Wildman–Crippen LogP) is 2.08. The Morgan fingerprint density at radius 3 is 2.65 bits per heavy atom. The summed E-state index contributed by atoms with van der Waals surface area (Å²) < 4.78 is 0. The zero-order valence-corrected chi connectivity index (χ0v) is 11.9. The highest BCUT2D eigenvalue weighted by Crippen LogP contribution is 2.28. The Morgan fingerprint density at radius 1 is 1.40 bits per heavy atom. The van der Waals surface area contributed by atoms with Gasteiger partial charge in [0.25, 0.3) is 0 Å². The molecule has 0 atom stereocenters. The molecule has 20 heavy (non-hydrogen) atoms. The second-order valence-electron chi connectivity index (χ2n) is 5.22. The molecular formula is C15H22N2O3. The lowest BCUT2D eigenvalue weighted by Gasteiger charge is -2.30. The average molecular weight is 278 g/mol. The van der Waals surface area contributed by atoms with E-state index in [-0.39, 0.29) is 12.2 Å². The van der Waals surface area contributed by atoms with Gasteiger partial charge in [-0.05, 0) is 31.4 Å². The number of aromatic carboxylic acids is 1. The maximum absolute atomic E-state index is 11.2. The molecule has 1 saturated carbocycles. The van der Waals surface area contributed by atoms with Crippen molar-refractivity contribution in [3.05, 3.63) is 23.4 Å². The van der Waals surface area contributed by atoms with Crippen molar-refractivity contribution < 1.29 is 15.0 Å². The lowest BCUT2D eigenvalue weighted by molar-refractivity contribution is 0.0696. The molecule has 0 aromatic carbocycles. The molecule has 5 heteroatoms. The van der Waals surface area contributed by atoms with E-state index in [1.54, 1.807) is 12.1 Å². The number of carbonyl (C=O) groups is 1. The van der Waals surface area contributed by atoms with Crippen molar-refractivity contribution in [2.45, 2.75) is 45.1 Å². The van der Waals surface area contributed by atoms with Crippen LogP contribution in [0.15, 0.2) is 12.1 Å². The Kier molecular flexibility index (Phi) is 4.95. The third kappa shape index (κ3) is 3.28. The van der Waals surface area contributed by atoms with Gasteiger partial charge in [0.1, 0.15) is 5.82 Å². The highest BCUT2D eigenvalue weighted by Gasteiger charge is 2.24. The van der Waals surface area contributed by atoms with Crippen LogP contribution in [-0.2, 0) is 6.42 Å². The topological polar surface area (TPSA) is 73.7 Å². The standard InChI is InChI=1S/C15H22N2O3/c1-2-12-9-11(15(19)20)10-14(16-12)17(7-8-18)13-5-3-4-6-13/h9-10,13,18H,2-8H2,1H3,(H,19,20). The van der Waals surface area contributed by atoms with E-state index in [1.165, 1.54) is 12.8 Å². The monoisotopic (exact) mass is 278 g/mol. The van der Waals surface area contributed by atoms with E-state index in [1.807, 2.05) is 6.92 Å². The van der Waals surface area contributed by atoms with Crippen LogP contribution in [0.25, 0.3) is 0 Å². The minimum Gasteiger partial charge on any atom is -0.478 e. The summed E-state index contributed by atoms with van der Waals surface area (Å²) in [5.41, 5.74) is 1.05. The Hall–Kier alpha value is -1.62. The molecule has 0 saturated heterocycles. The number of pyridine rings is 1. The van der Waals surface area contributed by atoms with E-state index in [4.69, 9.17) is 0 Å². The molecule has 0 unspecified atom stereocenters. The van der Waals surface area contributed by atoms with E-state index in [0.29, 0.717) is 24.8 Å². The van der Waals surface area contributed by atoms with Crippen molar-refractivity contribution in [2.75, 3.05) is 18.1 Å². The van der Waals surface area contributed by atoms with Crippen LogP contribution in [-0.4, -0.2) is 40.4 Å². The minimum atomic E-state index is -0.932. The van der Waals surface area contributed by atoms with Gasteiger partial charge in [-0.3, -0.25) is 0 Å². The van der Waals surface area contributed by atoms with Gasteiger partial charge < -0.3 is 15.1 Å². The number of carboxylic acids is 1. The van der Waals surface area contributed by atoms with E-state index in [9.17, 15) is 15.0 Å². The van der Waals surface area contributed by atoms with Crippen molar-refractivity contribution >= 4 is 11.8 Å². The Morgan fingerprint density at radius 2 is 2.10 bits per heavy atom. The van der Waals surface area contributed by atoms with Gasteiger partial charge in [0, 0.05) is 18.3 Å². The molecular weight excluding hydrogens is 256 g/mol. The molecule has 1 aliphatic carbocycles. The average Bonchev–Trinajstić information content (AvgIpc) is 2.98. The second kappa shape index (κ2) is 6.70. The molecule has 5 nitrogen and oxygen atoms in total. The number of aromatic nitrogens is 1. The number of carboxylic acid groups (broad SMARTS) is 1. The fraction of sp³-hybridized carbons (Fsp3) is 0.600. The van der Waals surface area contributed by atoms with E-state index in [2.05, 4.69) is 9.88 Å². The molecule has 2 N–H and O–H groups in total. The smallest absolute Gasteiger partial charge is 0.335 e. The quantitative estimate of drug-likeness (QED) is 0.833. The van der Waals surface area contributed by atoms with Crippen LogP contribution in [0.3, 0.4) is 0 Å². The number of rotatable bonds is 6. The van der Waals surface area contributed by atoms with Crippen molar-refractivity contribution in [1.82, 2.24) is 4.98 Å². The number of nitrogens with zero attached hydrogens (tertiary/aromatic N) is 2. The lowest BCUT2D eigenvalue weighted by atomic mass is 10.1. The maximum atomic E-state index is 11.2. The van der Waals surface area contributed by atoms with Crippen LogP contribution in [0.2, 0.25) is 0 Å². The van der Waals surface area contributed by atoms with Crippen molar-refractivity contribution in [3.8, 4) is 0 Å². The molecule has 0 radical (unpaired) electrons. The third-order valence-electron chi connectivity index (χ3n) is 3.87. The number of aryl methyl sites for hydroxylation is 1. The molecule has 0 spiro atoms. The lowest BCUT2D eigenvalue weighted by Crippen LogP contribution is -2.36. The molecule has 110 valence electrons. The van der Waals surface area contributed by atoms with Gasteiger partial charge in [-0.15, -0.1) is 0 Å². The summed E-state index contributed by atoms with van der Waals surface area (Å²) in [5.74, 6) is -0.249. The number of anilines is 1. The van der Waals surface area contributed by atoms with Crippen LogP contribution >= 0.6 is 0 Å². The summed E-state index contributed by atoms with van der Waals surface area (Å²) in [4.78, 5) is 17.8. The summed E-state index contributed by atoms with van der Waals surface area (Å²) in [5, 5.41) is 18.5. The second-order valence-corrected chi connectivity index (χ2v) is 5.22. The van der Waals surface area contributed by atoms with Crippen LogP contribution in [0.1, 0.15) is 48.7 Å². The highest BCUT2D eigenvalue weighted by atomic mass is 16.4. The zero-order chi connectivity index (χ0) is 14.5. The molecule has 1 aromatic heterocycles. The first kappa shape index (κ1) is 14.8. The fourth-order valence-electron chi connectivity index (χ4n) is 2.83. The van der Waals surface area contributed by atoms with Crippen molar-refractivity contribution in [2.24, 2.45) is 0 Å². The first-order valence-electron chi connectivity index (χ1n) is 7.27. The van der Waals surface area contributed by atoms with Gasteiger partial charge in [-0.1, -0.05) is 19.8 Å². The molecule has 0 aliphatic heterocycles. The molecule has 0 amide bonds. The van der Waals surface area contributed by atoms with Gasteiger partial charge >= 0.3 is 5.97 Å². The van der Waals surface area contributed by atoms with E-state index >= 15 is 0 Å². The van der Waals surface area contributed by atoms with Crippen molar-refractivity contribution in [1.29, 1.82) is 0 Å². The molecule has 1 aliphatic rings. The summed E-state index contributed by atoms with van der Waals surface area (Å²) in [6.07, 6.45) is 5.24. The summed E-state index contributed by atoms with van der Waals surface area (Å²) >= 11 is 0. The van der Waals surface area contributed by atoms with E-state index < -0.39 is 5.97 Å². The molecule has 1 aromatic rings. The van der Waals surface area contributed by atoms with E-state index in [0.717, 1.165) is 18.5 Å². The summed E-state index contributed by atoms with van der Waals surface area (Å²) in [6.45, 7) is 2.52. The third-order valence-corrected chi connectivity index (χ3v) is 3.87. The van der Waals surface area contributed by atoms with Crippen LogP contribution in [0, 0.1) is 0 Å². The number of hydrogen-bond donors (Lipinski definition) is 2. The number of hydrogen-bond acceptors (Lipinski definition) is 4. The Balaban J connectivity index is 2.35. The minimum absolute atomic E-state index is 0.0525. The summed E-state index contributed by atoms with van der Waals surface area (Å²) in [7, 11) is 0. The first-order valence-corrected chi connectivity index (χ1v) is 7.27. The van der Waals surface area contributed by atoms with Gasteiger partial charge in [0.05, 0.1) is 12.2 Å². The Labute approximate surface area is 119 Å². The van der Waals surface area contributed by atoms with Crippen LogP contribution in [0.4, 0.5) is 5.82 Å². The zero-order valence-electron chi connectivity index (χ0n) is 11.9. The molecule has 1 fully saturated rings. The van der Waals surface area contributed by atoms with Gasteiger partial charge in [0.2, 0.25) is 0 Å².